The molecule has 6 nitrogen and oxygen atoms in total. The highest BCUT2D eigenvalue weighted by atomic mass is 32.2. The Bertz CT molecular complexity index is 906. The van der Waals surface area contributed by atoms with Crippen molar-refractivity contribution in [2.75, 3.05) is 12.4 Å². The number of ether oxygens (including phenoxy) is 4. The van der Waals surface area contributed by atoms with Crippen molar-refractivity contribution >= 4 is 19.1 Å². The van der Waals surface area contributed by atoms with Crippen molar-refractivity contribution in [2.45, 2.75) is 69.3 Å². The predicted octanol–water partition coefficient (Wildman–Crippen LogP) is 4.40. The van der Waals surface area contributed by atoms with Crippen molar-refractivity contribution in [3.8, 4) is 0 Å². The van der Waals surface area contributed by atoms with Gasteiger partial charge < -0.3 is 23.4 Å². The molecule has 0 saturated carbocycles. The van der Waals surface area contributed by atoms with Crippen LogP contribution in [-0.2, 0) is 40.8 Å². The Labute approximate surface area is 200 Å². The lowest BCUT2D eigenvalue weighted by molar-refractivity contribution is -0.323. The SMILES string of the molecule is CCS(=O)C1O[C@@H]2CO[C@@H](c3ccccc3)O[C@H]2[C@H](OCc2ccccc2)[C@@H]1O[Si](C)(C)C. The highest BCUT2D eigenvalue weighted by Gasteiger charge is 2.53. The van der Waals surface area contributed by atoms with Gasteiger partial charge in [0.15, 0.2) is 20.0 Å². The Morgan fingerprint density at radius 2 is 1.64 bits per heavy atom. The topological polar surface area (TPSA) is 63.2 Å². The molecule has 0 amide bonds. The fourth-order valence-corrected chi connectivity index (χ4v) is 6.47. The second-order valence-corrected chi connectivity index (χ2v) is 15.6. The van der Waals surface area contributed by atoms with Crippen LogP contribution < -0.4 is 0 Å². The first kappa shape index (κ1) is 24.7. The van der Waals surface area contributed by atoms with Crippen LogP contribution in [0.15, 0.2) is 60.7 Å². The highest BCUT2D eigenvalue weighted by molar-refractivity contribution is 7.85. The van der Waals surface area contributed by atoms with E-state index in [1.165, 1.54) is 0 Å². The molecule has 2 saturated heterocycles. The van der Waals surface area contributed by atoms with Gasteiger partial charge in [-0.25, -0.2) is 0 Å². The van der Waals surface area contributed by atoms with Gasteiger partial charge in [-0.2, -0.15) is 0 Å². The molecule has 0 N–H and O–H groups in total. The van der Waals surface area contributed by atoms with Gasteiger partial charge in [-0.3, -0.25) is 4.21 Å². The van der Waals surface area contributed by atoms with Crippen LogP contribution in [0.1, 0.15) is 24.3 Å². The molecule has 2 unspecified atom stereocenters. The van der Waals surface area contributed by atoms with E-state index >= 15 is 0 Å². The zero-order valence-electron chi connectivity index (χ0n) is 19.7. The number of benzene rings is 2. The Morgan fingerprint density at radius 3 is 2.27 bits per heavy atom. The fourth-order valence-electron chi connectivity index (χ4n) is 4.19. The maximum Gasteiger partial charge on any atom is 0.184 e. The monoisotopic (exact) mass is 490 g/mol. The quantitative estimate of drug-likeness (QED) is 0.511. The summed E-state index contributed by atoms with van der Waals surface area (Å²) in [5, 5.41) is 0. The van der Waals surface area contributed by atoms with Gasteiger partial charge in [0.2, 0.25) is 0 Å². The maximum absolute atomic E-state index is 13.0. The molecule has 2 aliphatic heterocycles. The molecule has 8 heteroatoms. The first-order valence-corrected chi connectivity index (χ1v) is 16.3. The average Bonchev–Trinajstić information content (AvgIpc) is 2.82. The van der Waals surface area contributed by atoms with E-state index in [-0.39, 0.29) is 6.10 Å². The van der Waals surface area contributed by atoms with Gasteiger partial charge in [-0.15, -0.1) is 0 Å². The van der Waals surface area contributed by atoms with E-state index < -0.39 is 49.2 Å². The van der Waals surface area contributed by atoms with Gasteiger partial charge in [0, 0.05) is 11.3 Å². The van der Waals surface area contributed by atoms with E-state index in [4.69, 9.17) is 23.4 Å². The van der Waals surface area contributed by atoms with Crippen LogP contribution in [-0.4, -0.2) is 54.7 Å². The largest absolute Gasteiger partial charge is 0.408 e. The van der Waals surface area contributed by atoms with Gasteiger partial charge in [0.05, 0.1) is 24.0 Å². The van der Waals surface area contributed by atoms with E-state index in [1.54, 1.807) is 0 Å². The summed E-state index contributed by atoms with van der Waals surface area (Å²) in [4.78, 5) is 0. The standard InChI is InChI=1S/C25H34O6SSi/c1-5-32(26)25-23(31-33(2,3)4)22(27-16-18-12-8-6-9-13-18)21-20(29-25)17-28-24(30-21)19-14-10-7-11-15-19/h6-15,20-25H,5,16-17H2,1-4H3/t20-,21-,22+,23+,24-,25?,32?/m1/s1. The molecule has 180 valence electrons. The van der Waals surface area contributed by atoms with Gasteiger partial charge >= 0.3 is 0 Å². The summed E-state index contributed by atoms with van der Waals surface area (Å²) in [6.45, 7) is 9.01. The summed E-state index contributed by atoms with van der Waals surface area (Å²) in [6, 6.07) is 19.9. The second kappa shape index (κ2) is 10.9. The van der Waals surface area contributed by atoms with Gasteiger partial charge in [0.1, 0.15) is 24.4 Å². The minimum Gasteiger partial charge on any atom is -0.408 e. The summed E-state index contributed by atoms with van der Waals surface area (Å²) >= 11 is 0. The number of hydrogen-bond acceptors (Lipinski definition) is 6. The lowest BCUT2D eigenvalue weighted by atomic mass is 9.98. The molecule has 0 spiro atoms. The molecule has 2 fully saturated rings. The molecule has 2 heterocycles. The lowest BCUT2D eigenvalue weighted by Crippen LogP contribution is -2.65. The molecule has 2 aromatic carbocycles. The molecule has 7 atom stereocenters. The van der Waals surface area contributed by atoms with Gasteiger partial charge in [-0.05, 0) is 25.2 Å². The van der Waals surface area contributed by atoms with Crippen molar-refractivity contribution in [3.05, 3.63) is 71.8 Å². The molecular weight excluding hydrogens is 456 g/mol. The van der Waals surface area contributed by atoms with E-state index in [1.807, 2.05) is 67.6 Å². The number of hydrogen-bond donors (Lipinski definition) is 0. The summed E-state index contributed by atoms with van der Waals surface area (Å²) in [6.07, 6.45) is -2.23. The summed E-state index contributed by atoms with van der Waals surface area (Å²) in [5.41, 5.74) is 1.41. The summed E-state index contributed by atoms with van der Waals surface area (Å²) in [7, 11) is -3.24. The lowest BCUT2D eigenvalue weighted by Gasteiger charge is -2.50. The van der Waals surface area contributed by atoms with Crippen molar-refractivity contribution < 1.29 is 27.6 Å². The third-order valence-electron chi connectivity index (χ3n) is 5.67. The third kappa shape index (κ3) is 6.19. The van der Waals surface area contributed by atoms with Crippen LogP contribution in [0.2, 0.25) is 19.6 Å². The molecular formula is C25H34O6SSi. The summed E-state index contributed by atoms with van der Waals surface area (Å²) in [5.74, 6) is 0.480. The average molecular weight is 491 g/mol. The number of rotatable bonds is 8. The van der Waals surface area contributed by atoms with Crippen molar-refractivity contribution in [1.82, 2.24) is 0 Å². The molecule has 0 radical (unpaired) electrons. The highest BCUT2D eigenvalue weighted by Crippen LogP contribution is 2.38. The van der Waals surface area contributed by atoms with Crippen molar-refractivity contribution in [1.29, 1.82) is 0 Å². The Morgan fingerprint density at radius 1 is 0.970 bits per heavy atom. The second-order valence-electron chi connectivity index (χ2n) is 9.35. The van der Waals surface area contributed by atoms with Gasteiger partial charge in [0.25, 0.3) is 0 Å². The fraction of sp³-hybridized carbons (Fsp3) is 0.520. The van der Waals surface area contributed by atoms with Crippen LogP contribution in [0.3, 0.4) is 0 Å². The van der Waals surface area contributed by atoms with Crippen molar-refractivity contribution in [3.63, 3.8) is 0 Å². The van der Waals surface area contributed by atoms with E-state index in [2.05, 4.69) is 19.6 Å². The van der Waals surface area contributed by atoms with E-state index in [9.17, 15) is 4.21 Å². The molecule has 0 bridgehead atoms. The molecule has 2 aliphatic rings. The zero-order chi connectivity index (χ0) is 23.4. The molecule has 33 heavy (non-hydrogen) atoms. The van der Waals surface area contributed by atoms with E-state index in [0.717, 1.165) is 11.1 Å². The molecule has 0 aliphatic carbocycles. The normalized spacial score (nSPS) is 31.0. The van der Waals surface area contributed by atoms with E-state index in [0.29, 0.717) is 19.0 Å². The van der Waals surface area contributed by atoms with Crippen LogP contribution >= 0.6 is 0 Å². The first-order valence-electron chi connectivity index (χ1n) is 11.5. The van der Waals surface area contributed by atoms with Gasteiger partial charge in [-0.1, -0.05) is 67.6 Å². The Kier molecular flexibility index (Phi) is 8.17. The molecule has 0 aromatic heterocycles. The van der Waals surface area contributed by atoms with Crippen LogP contribution in [0.5, 0.6) is 0 Å². The Hall–Kier alpha value is -1.39. The van der Waals surface area contributed by atoms with Crippen LogP contribution in [0.4, 0.5) is 0 Å². The molecule has 2 aromatic rings. The smallest absolute Gasteiger partial charge is 0.184 e. The zero-order valence-corrected chi connectivity index (χ0v) is 21.5. The Balaban J connectivity index is 1.64. The van der Waals surface area contributed by atoms with Crippen LogP contribution in [0.25, 0.3) is 0 Å². The molecule has 4 rings (SSSR count). The predicted molar refractivity (Wildman–Crippen MR) is 131 cm³/mol. The maximum atomic E-state index is 13.0. The number of fused-ring (bicyclic) bond motifs is 1. The first-order chi connectivity index (χ1) is 15.9. The minimum absolute atomic E-state index is 0.340. The van der Waals surface area contributed by atoms with Crippen molar-refractivity contribution in [2.24, 2.45) is 0 Å². The van der Waals surface area contributed by atoms with Crippen LogP contribution in [0, 0.1) is 0 Å². The minimum atomic E-state index is -2.01. The third-order valence-corrected chi connectivity index (χ3v) is 8.12. The summed E-state index contributed by atoms with van der Waals surface area (Å²) < 4.78 is 44.9.